The summed E-state index contributed by atoms with van der Waals surface area (Å²) >= 11 is 0. The van der Waals surface area contributed by atoms with E-state index in [1.165, 1.54) is 12.1 Å². The molecule has 0 radical (unpaired) electrons. The monoisotopic (exact) mass is 483 g/mol. The van der Waals surface area contributed by atoms with Crippen LogP contribution in [0, 0.1) is 19.7 Å². The van der Waals surface area contributed by atoms with Crippen molar-refractivity contribution in [3.63, 3.8) is 0 Å². The molecule has 35 heavy (non-hydrogen) atoms. The Morgan fingerprint density at radius 2 is 1.89 bits per heavy atom. The summed E-state index contributed by atoms with van der Waals surface area (Å²) in [6, 6.07) is 12.0. The van der Waals surface area contributed by atoms with E-state index in [0.717, 1.165) is 54.3 Å². The van der Waals surface area contributed by atoms with E-state index in [0.29, 0.717) is 12.5 Å². The number of nitrogens with zero attached hydrogens (tertiary/aromatic N) is 1. The third-order valence-corrected chi connectivity index (χ3v) is 6.08. The number of halogens is 1. The average Bonchev–Trinajstić information content (AvgIpc) is 3.21. The Morgan fingerprint density at radius 1 is 1.11 bits per heavy atom. The summed E-state index contributed by atoms with van der Waals surface area (Å²) in [6.07, 6.45) is 3.67. The number of hydrogen-bond acceptors (Lipinski definition) is 6. The standard InChI is InChI=1S/C27H30FNO6/c1-17-6-3-7-19(14-17)26-29-23(18(2)35-26)16-34-21-9-4-8-20(15-21)32-12-13-33-24-11-5-10-22(28)25(24)27(30)31/h3,5-7,10-11,14,20-21H,4,8-9,12-13,15-16H2,1-2H3,(H,30,31)/t20-,21?/m1/s1. The first-order valence-corrected chi connectivity index (χ1v) is 11.8. The van der Waals surface area contributed by atoms with Crippen LogP contribution in [-0.2, 0) is 16.1 Å². The zero-order chi connectivity index (χ0) is 24.8. The van der Waals surface area contributed by atoms with Crippen molar-refractivity contribution < 1.29 is 32.9 Å². The highest BCUT2D eigenvalue weighted by Gasteiger charge is 2.24. The molecule has 0 bridgehead atoms. The minimum absolute atomic E-state index is 0.000955. The van der Waals surface area contributed by atoms with Gasteiger partial charge in [-0.1, -0.05) is 23.8 Å². The molecular weight excluding hydrogens is 453 g/mol. The molecule has 1 heterocycles. The molecule has 1 unspecified atom stereocenters. The zero-order valence-corrected chi connectivity index (χ0v) is 20.0. The van der Waals surface area contributed by atoms with Gasteiger partial charge in [0, 0.05) is 5.56 Å². The second kappa shape index (κ2) is 11.5. The molecule has 7 nitrogen and oxygen atoms in total. The summed E-state index contributed by atoms with van der Waals surface area (Å²) in [7, 11) is 0. The molecule has 1 N–H and O–H groups in total. The van der Waals surface area contributed by atoms with Gasteiger partial charge in [-0.2, -0.15) is 0 Å². The first-order chi connectivity index (χ1) is 16.9. The van der Waals surface area contributed by atoms with Gasteiger partial charge in [0.05, 0.1) is 25.4 Å². The number of oxazole rings is 1. The van der Waals surface area contributed by atoms with Crippen LogP contribution in [0.1, 0.15) is 53.1 Å². The largest absolute Gasteiger partial charge is 0.490 e. The first-order valence-electron chi connectivity index (χ1n) is 11.8. The van der Waals surface area contributed by atoms with Crippen LogP contribution in [0.3, 0.4) is 0 Å². The Bertz CT molecular complexity index is 1160. The number of rotatable bonds is 10. The van der Waals surface area contributed by atoms with Crippen molar-refractivity contribution in [3.05, 3.63) is 70.9 Å². The highest BCUT2D eigenvalue weighted by atomic mass is 19.1. The number of hydrogen-bond donors (Lipinski definition) is 1. The lowest BCUT2D eigenvalue weighted by atomic mass is 9.95. The highest BCUT2D eigenvalue weighted by molar-refractivity contribution is 5.91. The number of carboxylic acids is 1. The smallest absolute Gasteiger partial charge is 0.342 e. The molecule has 8 heteroatoms. The molecule has 2 aromatic carbocycles. The Kier molecular flexibility index (Phi) is 8.15. The highest BCUT2D eigenvalue weighted by Crippen LogP contribution is 2.27. The SMILES string of the molecule is Cc1cccc(-c2nc(COC3CCC[C@@H](OCCOc4cccc(F)c4C(=O)O)C3)c(C)o2)c1. The number of aromatic carboxylic acids is 1. The fourth-order valence-corrected chi connectivity index (χ4v) is 4.26. The Morgan fingerprint density at radius 3 is 2.66 bits per heavy atom. The second-order valence-electron chi connectivity index (χ2n) is 8.75. The van der Waals surface area contributed by atoms with Gasteiger partial charge in [0.15, 0.2) is 0 Å². The van der Waals surface area contributed by atoms with Crippen molar-refractivity contribution in [2.24, 2.45) is 0 Å². The van der Waals surface area contributed by atoms with Crippen LogP contribution >= 0.6 is 0 Å². The fourth-order valence-electron chi connectivity index (χ4n) is 4.26. The minimum atomic E-state index is -1.36. The first kappa shape index (κ1) is 24.9. The Hall–Kier alpha value is -3.23. The normalized spacial score (nSPS) is 17.9. The minimum Gasteiger partial charge on any atom is -0.490 e. The molecule has 0 saturated heterocycles. The molecule has 0 aliphatic heterocycles. The molecule has 1 fully saturated rings. The Labute approximate surface area is 203 Å². The van der Waals surface area contributed by atoms with E-state index in [2.05, 4.69) is 4.98 Å². The third-order valence-electron chi connectivity index (χ3n) is 6.08. The number of carboxylic acid groups (broad SMARTS) is 1. The maximum absolute atomic E-state index is 13.8. The fraction of sp³-hybridized carbons (Fsp3) is 0.407. The third kappa shape index (κ3) is 6.46. The van der Waals surface area contributed by atoms with Gasteiger partial charge < -0.3 is 23.7 Å². The van der Waals surface area contributed by atoms with Crippen LogP contribution in [0.2, 0.25) is 0 Å². The van der Waals surface area contributed by atoms with Gasteiger partial charge in [0.1, 0.15) is 35.2 Å². The van der Waals surface area contributed by atoms with Gasteiger partial charge in [0.25, 0.3) is 0 Å². The van der Waals surface area contributed by atoms with Crippen molar-refractivity contribution in [2.75, 3.05) is 13.2 Å². The van der Waals surface area contributed by atoms with E-state index in [4.69, 9.17) is 18.6 Å². The lowest BCUT2D eigenvalue weighted by Crippen LogP contribution is -2.29. The van der Waals surface area contributed by atoms with Crippen LogP contribution < -0.4 is 4.74 Å². The van der Waals surface area contributed by atoms with E-state index in [9.17, 15) is 14.3 Å². The molecule has 1 aromatic heterocycles. The lowest BCUT2D eigenvalue weighted by Gasteiger charge is -2.29. The van der Waals surface area contributed by atoms with Crippen molar-refractivity contribution >= 4 is 5.97 Å². The maximum atomic E-state index is 13.8. The molecule has 3 aromatic rings. The van der Waals surface area contributed by atoms with E-state index >= 15 is 0 Å². The molecule has 1 saturated carbocycles. The number of aryl methyl sites for hydroxylation is 2. The molecule has 186 valence electrons. The van der Waals surface area contributed by atoms with Gasteiger partial charge in [-0.25, -0.2) is 14.2 Å². The number of ether oxygens (including phenoxy) is 3. The topological polar surface area (TPSA) is 91.0 Å². The average molecular weight is 484 g/mol. The van der Waals surface area contributed by atoms with Crippen molar-refractivity contribution in [1.82, 2.24) is 4.98 Å². The maximum Gasteiger partial charge on any atom is 0.342 e. The van der Waals surface area contributed by atoms with E-state index in [1.807, 2.05) is 38.1 Å². The molecule has 1 aliphatic rings. The molecular formula is C27H30FNO6. The van der Waals surface area contributed by atoms with Crippen molar-refractivity contribution in [3.8, 4) is 17.2 Å². The predicted octanol–water partition coefficient (Wildman–Crippen LogP) is 5.72. The molecule has 1 aliphatic carbocycles. The number of carbonyl (C=O) groups is 1. The van der Waals surface area contributed by atoms with E-state index < -0.39 is 17.3 Å². The summed E-state index contributed by atoms with van der Waals surface area (Å²) in [4.78, 5) is 15.9. The molecule has 4 rings (SSSR count). The number of aromatic nitrogens is 1. The van der Waals surface area contributed by atoms with Crippen LogP contribution in [-0.4, -0.2) is 41.5 Å². The molecule has 0 spiro atoms. The van der Waals surface area contributed by atoms with Crippen LogP contribution in [0.4, 0.5) is 4.39 Å². The van der Waals surface area contributed by atoms with E-state index in [1.54, 1.807) is 0 Å². The van der Waals surface area contributed by atoms with Gasteiger partial charge in [-0.05, 0) is 63.8 Å². The van der Waals surface area contributed by atoms with Gasteiger partial charge in [0.2, 0.25) is 5.89 Å². The lowest BCUT2D eigenvalue weighted by molar-refractivity contribution is -0.0556. The molecule has 2 atom stereocenters. The summed E-state index contributed by atoms with van der Waals surface area (Å²) in [5.41, 5.74) is 2.42. The Balaban J connectivity index is 1.24. The second-order valence-corrected chi connectivity index (χ2v) is 8.75. The summed E-state index contributed by atoms with van der Waals surface area (Å²) in [5, 5.41) is 9.18. The quantitative estimate of drug-likeness (QED) is 0.369. The van der Waals surface area contributed by atoms with Gasteiger partial charge in [-0.3, -0.25) is 0 Å². The van der Waals surface area contributed by atoms with E-state index in [-0.39, 0.29) is 31.2 Å². The summed E-state index contributed by atoms with van der Waals surface area (Å²) in [6.45, 7) is 4.71. The summed E-state index contributed by atoms with van der Waals surface area (Å²) < 4.78 is 37.2. The van der Waals surface area contributed by atoms with Crippen molar-refractivity contribution in [1.29, 1.82) is 0 Å². The van der Waals surface area contributed by atoms with Crippen LogP contribution in [0.5, 0.6) is 5.75 Å². The van der Waals surface area contributed by atoms with Gasteiger partial charge in [-0.15, -0.1) is 0 Å². The molecule has 0 amide bonds. The van der Waals surface area contributed by atoms with Crippen LogP contribution in [0.15, 0.2) is 46.9 Å². The zero-order valence-electron chi connectivity index (χ0n) is 20.0. The number of benzene rings is 2. The van der Waals surface area contributed by atoms with Crippen molar-refractivity contribution in [2.45, 2.75) is 58.3 Å². The summed E-state index contributed by atoms with van der Waals surface area (Å²) in [5.74, 6) is -0.838. The van der Waals surface area contributed by atoms with Crippen LogP contribution in [0.25, 0.3) is 11.5 Å². The predicted molar refractivity (Wildman–Crippen MR) is 127 cm³/mol. The van der Waals surface area contributed by atoms with Gasteiger partial charge >= 0.3 is 5.97 Å².